The summed E-state index contributed by atoms with van der Waals surface area (Å²) in [5.41, 5.74) is 2.38. The largest absolute Gasteiger partial charge is 0.313 e. The Morgan fingerprint density at radius 1 is 1.16 bits per heavy atom. The van der Waals surface area contributed by atoms with Crippen LogP contribution in [-0.2, 0) is 6.42 Å². The number of rotatable bonds is 4. The summed E-state index contributed by atoms with van der Waals surface area (Å²) in [6.07, 6.45) is 0.895. The highest BCUT2D eigenvalue weighted by atomic mass is 79.9. The van der Waals surface area contributed by atoms with Gasteiger partial charge in [0.1, 0.15) is 0 Å². The molecule has 100 valence electrons. The normalized spacial score (nSPS) is 12.4. The summed E-state index contributed by atoms with van der Waals surface area (Å²) in [4.78, 5) is 0. The van der Waals surface area contributed by atoms with E-state index in [-0.39, 0.29) is 6.04 Å². The van der Waals surface area contributed by atoms with Crippen molar-refractivity contribution in [2.75, 3.05) is 7.05 Å². The Bertz CT molecular complexity index is 572. The van der Waals surface area contributed by atoms with Gasteiger partial charge >= 0.3 is 0 Å². The second-order valence-electron chi connectivity index (χ2n) is 4.32. The maximum Gasteiger partial charge on any atom is 0.0595 e. The number of hydrogen-bond acceptors (Lipinski definition) is 1. The van der Waals surface area contributed by atoms with E-state index >= 15 is 0 Å². The quantitative estimate of drug-likeness (QED) is 0.724. The van der Waals surface area contributed by atoms with Crippen LogP contribution >= 0.6 is 43.5 Å². The zero-order valence-electron chi connectivity index (χ0n) is 10.5. The average molecular weight is 404 g/mol. The Morgan fingerprint density at radius 2 is 1.89 bits per heavy atom. The van der Waals surface area contributed by atoms with Crippen LogP contribution in [-0.4, -0.2) is 7.05 Å². The molecule has 1 N–H and O–H groups in total. The summed E-state index contributed by atoms with van der Waals surface area (Å²) >= 11 is 13.3. The summed E-state index contributed by atoms with van der Waals surface area (Å²) in [6, 6.07) is 14.6. The molecule has 0 heterocycles. The molecule has 19 heavy (non-hydrogen) atoms. The minimum Gasteiger partial charge on any atom is -0.313 e. The molecule has 0 aliphatic carbocycles. The van der Waals surface area contributed by atoms with Crippen molar-refractivity contribution in [1.29, 1.82) is 0 Å². The lowest BCUT2D eigenvalue weighted by molar-refractivity contribution is 0.592. The van der Waals surface area contributed by atoms with Crippen LogP contribution in [0.15, 0.2) is 51.4 Å². The van der Waals surface area contributed by atoms with E-state index in [9.17, 15) is 0 Å². The molecule has 2 aromatic rings. The first-order valence-corrected chi connectivity index (χ1v) is 7.94. The monoisotopic (exact) mass is 401 g/mol. The zero-order valence-corrected chi connectivity index (χ0v) is 14.4. The smallest absolute Gasteiger partial charge is 0.0595 e. The third-order valence-electron chi connectivity index (χ3n) is 3.03. The molecular formula is C15H14Br2ClN. The van der Waals surface area contributed by atoms with Crippen molar-refractivity contribution in [3.05, 3.63) is 67.6 Å². The van der Waals surface area contributed by atoms with Crippen LogP contribution in [0, 0.1) is 0 Å². The predicted molar refractivity (Wildman–Crippen MR) is 88.8 cm³/mol. The zero-order chi connectivity index (χ0) is 13.8. The highest BCUT2D eigenvalue weighted by molar-refractivity contribution is 9.10. The van der Waals surface area contributed by atoms with Crippen LogP contribution < -0.4 is 5.32 Å². The van der Waals surface area contributed by atoms with E-state index in [1.54, 1.807) is 0 Å². The molecule has 0 aromatic heterocycles. The standard InChI is InChI=1S/C15H14Br2ClN/c1-19-14(9-10-4-2-5-11(16)8-10)12-6-3-7-13(17)15(12)18/h2-8,14,19H,9H2,1H3. The van der Waals surface area contributed by atoms with Crippen LogP contribution in [0.1, 0.15) is 17.2 Å². The van der Waals surface area contributed by atoms with Crippen LogP contribution in [0.4, 0.5) is 0 Å². The highest BCUT2D eigenvalue weighted by Gasteiger charge is 2.15. The molecule has 1 nitrogen and oxygen atoms in total. The lowest BCUT2D eigenvalue weighted by Gasteiger charge is -2.19. The SMILES string of the molecule is CNC(Cc1cccc(Br)c1)c1cccc(Br)c1Cl. The molecule has 0 saturated carbocycles. The lowest BCUT2D eigenvalue weighted by Crippen LogP contribution is -2.19. The first-order valence-electron chi connectivity index (χ1n) is 5.97. The van der Waals surface area contributed by atoms with Gasteiger partial charge in [0.25, 0.3) is 0 Å². The van der Waals surface area contributed by atoms with Crippen molar-refractivity contribution >= 4 is 43.5 Å². The highest BCUT2D eigenvalue weighted by Crippen LogP contribution is 2.31. The summed E-state index contributed by atoms with van der Waals surface area (Å²) in [7, 11) is 1.96. The van der Waals surface area contributed by atoms with E-state index < -0.39 is 0 Å². The van der Waals surface area contributed by atoms with Crippen molar-refractivity contribution in [2.24, 2.45) is 0 Å². The molecule has 1 atom stereocenters. The van der Waals surface area contributed by atoms with Crippen molar-refractivity contribution in [2.45, 2.75) is 12.5 Å². The van der Waals surface area contributed by atoms with Gasteiger partial charge in [0.15, 0.2) is 0 Å². The molecular weight excluding hydrogens is 389 g/mol. The number of hydrogen-bond donors (Lipinski definition) is 1. The fourth-order valence-corrected chi connectivity index (χ4v) is 3.14. The maximum atomic E-state index is 6.37. The Morgan fingerprint density at radius 3 is 2.58 bits per heavy atom. The molecule has 0 spiro atoms. The molecule has 0 saturated heterocycles. The summed E-state index contributed by atoms with van der Waals surface area (Å²) in [6.45, 7) is 0. The first-order chi connectivity index (χ1) is 9.11. The number of likely N-dealkylation sites (N-methyl/N-ethyl adjacent to an activating group) is 1. The summed E-state index contributed by atoms with van der Waals surface area (Å²) in [5.74, 6) is 0. The van der Waals surface area contributed by atoms with Crippen molar-refractivity contribution in [3.8, 4) is 0 Å². The number of nitrogens with one attached hydrogen (secondary N) is 1. The molecule has 2 rings (SSSR count). The van der Waals surface area contributed by atoms with Crippen LogP contribution in [0.2, 0.25) is 5.02 Å². The molecule has 4 heteroatoms. The Kier molecular flexibility index (Phi) is 5.46. The molecule has 1 unspecified atom stereocenters. The third kappa shape index (κ3) is 3.82. The van der Waals surface area contributed by atoms with Gasteiger partial charge in [0, 0.05) is 15.0 Å². The summed E-state index contributed by atoms with van der Waals surface area (Å²) in [5, 5.41) is 4.11. The third-order valence-corrected chi connectivity index (χ3v) is 4.84. The fourth-order valence-electron chi connectivity index (χ4n) is 2.06. The topological polar surface area (TPSA) is 12.0 Å². The van der Waals surface area contributed by atoms with Gasteiger partial charge in [-0.15, -0.1) is 0 Å². The van der Waals surface area contributed by atoms with E-state index in [4.69, 9.17) is 11.6 Å². The Balaban J connectivity index is 2.28. The Labute approximate surface area is 135 Å². The van der Waals surface area contributed by atoms with E-state index in [0.29, 0.717) is 0 Å². The molecule has 2 aromatic carbocycles. The van der Waals surface area contributed by atoms with Gasteiger partial charge in [-0.2, -0.15) is 0 Å². The number of benzene rings is 2. The molecule has 0 aliphatic rings. The lowest BCUT2D eigenvalue weighted by atomic mass is 9.99. The predicted octanol–water partition coefficient (Wildman–Crippen LogP) is 5.37. The first kappa shape index (κ1) is 15.0. The maximum absolute atomic E-state index is 6.37. The van der Waals surface area contributed by atoms with Gasteiger partial charge in [-0.25, -0.2) is 0 Å². The number of halogens is 3. The van der Waals surface area contributed by atoms with Crippen LogP contribution in [0.5, 0.6) is 0 Å². The minimum absolute atomic E-state index is 0.194. The summed E-state index contributed by atoms with van der Waals surface area (Å²) < 4.78 is 2.03. The van der Waals surface area contributed by atoms with E-state index in [1.165, 1.54) is 5.56 Å². The van der Waals surface area contributed by atoms with Gasteiger partial charge in [-0.3, -0.25) is 0 Å². The van der Waals surface area contributed by atoms with Gasteiger partial charge in [-0.1, -0.05) is 51.8 Å². The van der Waals surface area contributed by atoms with E-state index in [0.717, 1.165) is 26.0 Å². The van der Waals surface area contributed by atoms with E-state index in [2.05, 4.69) is 61.4 Å². The average Bonchev–Trinajstić information content (AvgIpc) is 2.40. The van der Waals surface area contributed by atoms with Gasteiger partial charge in [0.2, 0.25) is 0 Å². The van der Waals surface area contributed by atoms with Crippen molar-refractivity contribution in [1.82, 2.24) is 5.32 Å². The molecule has 0 radical (unpaired) electrons. The second-order valence-corrected chi connectivity index (χ2v) is 6.47. The van der Waals surface area contributed by atoms with Gasteiger partial charge < -0.3 is 5.32 Å². The van der Waals surface area contributed by atoms with Crippen LogP contribution in [0.3, 0.4) is 0 Å². The van der Waals surface area contributed by atoms with Crippen molar-refractivity contribution in [3.63, 3.8) is 0 Å². The Hall–Kier alpha value is -0.350. The second kappa shape index (κ2) is 6.89. The van der Waals surface area contributed by atoms with Crippen LogP contribution in [0.25, 0.3) is 0 Å². The van der Waals surface area contributed by atoms with Crippen molar-refractivity contribution < 1.29 is 0 Å². The molecule has 0 fully saturated rings. The van der Waals surface area contributed by atoms with Gasteiger partial charge in [-0.05, 0) is 58.7 Å². The molecule has 0 bridgehead atoms. The fraction of sp³-hybridized carbons (Fsp3) is 0.200. The minimum atomic E-state index is 0.194. The molecule has 0 aliphatic heterocycles. The van der Waals surface area contributed by atoms with E-state index in [1.807, 2.05) is 25.2 Å². The van der Waals surface area contributed by atoms with Gasteiger partial charge in [0.05, 0.1) is 5.02 Å². The molecule has 0 amide bonds.